The molecule has 0 saturated carbocycles. The van der Waals surface area contributed by atoms with Gasteiger partial charge in [-0.15, -0.1) is 10.2 Å². The van der Waals surface area contributed by atoms with E-state index in [1.165, 1.54) is 11.9 Å². The van der Waals surface area contributed by atoms with Crippen LogP contribution in [0, 0.1) is 0 Å². The number of nitrogens with one attached hydrogen (secondary N) is 1. The van der Waals surface area contributed by atoms with Crippen molar-refractivity contribution < 1.29 is 19.0 Å². The first-order valence-corrected chi connectivity index (χ1v) is 12.8. The van der Waals surface area contributed by atoms with E-state index >= 15 is 0 Å². The molecule has 8 nitrogen and oxygen atoms in total. The van der Waals surface area contributed by atoms with Gasteiger partial charge in [-0.1, -0.05) is 18.0 Å². The maximum Gasteiger partial charge on any atom is 0.250 e. The number of rotatable bonds is 4. The Morgan fingerprint density at radius 3 is 2.76 bits per heavy atom. The number of aliphatic hydroxyl groups excluding tert-OH is 1. The highest BCUT2D eigenvalue weighted by molar-refractivity contribution is 8.00. The van der Waals surface area contributed by atoms with Crippen LogP contribution in [0.3, 0.4) is 0 Å². The SMILES string of the molecule is OCCSNc1ccc2c(c1)N1CCC(CC1)OCCCCOc1cccc(c1)-c1nnc-2o1. The number of anilines is 2. The highest BCUT2D eigenvalue weighted by Crippen LogP contribution is 2.36. The van der Waals surface area contributed by atoms with E-state index in [2.05, 4.69) is 25.9 Å². The molecule has 1 aromatic heterocycles. The Morgan fingerprint density at radius 1 is 1.03 bits per heavy atom. The maximum absolute atomic E-state index is 9.10. The summed E-state index contributed by atoms with van der Waals surface area (Å²) in [6, 6.07) is 13.9. The number of ether oxygens (including phenoxy) is 2. The van der Waals surface area contributed by atoms with Gasteiger partial charge in [0.25, 0.3) is 0 Å². The van der Waals surface area contributed by atoms with Gasteiger partial charge in [0.2, 0.25) is 11.8 Å². The van der Waals surface area contributed by atoms with Gasteiger partial charge in [-0.3, -0.25) is 0 Å². The summed E-state index contributed by atoms with van der Waals surface area (Å²) in [7, 11) is 0. The van der Waals surface area contributed by atoms with Crippen LogP contribution >= 0.6 is 11.9 Å². The molecule has 0 atom stereocenters. The molecule has 3 aromatic rings. The summed E-state index contributed by atoms with van der Waals surface area (Å²) >= 11 is 1.48. The van der Waals surface area contributed by atoms with Gasteiger partial charge in [0, 0.05) is 36.7 Å². The first-order valence-electron chi connectivity index (χ1n) is 11.9. The molecule has 0 amide bonds. The molecular formula is C25H30N4O4S. The Labute approximate surface area is 203 Å². The summed E-state index contributed by atoms with van der Waals surface area (Å²) < 4.78 is 21.6. The number of nitrogens with zero attached hydrogens (tertiary/aromatic N) is 3. The molecule has 3 aliphatic rings. The lowest BCUT2D eigenvalue weighted by Gasteiger charge is -2.34. The molecule has 3 aliphatic heterocycles. The molecule has 0 unspecified atom stereocenters. The summed E-state index contributed by atoms with van der Waals surface area (Å²) in [5.74, 6) is 2.38. The maximum atomic E-state index is 9.10. The van der Waals surface area contributed by atoms with E-state index in [0.717, 1.165) is 73.6 Å². The zero-order valence-electron chi connectivity index (χ0n) is 19.1. The lowest BCUT2D eigenvalue weighted by atomic mass is 10.0. The molecule has 2 N–H and O–H groups in total. The average molecular weight is 483 g/mol. The fourth-order valence-corrected chi connectivity index (χ4v) is 4.78. The summed E-state index contributed by atoms with van der Waals surface area (Å²) in [4.78, 5) is 2.37. The van der Waals surface area contributed by atoms with Crippen molar-refractivity contribution in [2.75, 3.05) is 48.3 Å². The lowest BCUT2D eigenvalue weighted by molar-refractivity contribution is 0.0336. The minimum Gasteiger partial charge on any atom is -0.494 e. The van der Waals surface area contributed by atoms with Crippen molar-refractivity contribution in [2.24, 2.45) is 0 Å². The van der Waals surface area contributed by atoms with Gasteiger partial charge < -0.3 is 28.6 Å². The van der Waals surface area contributed by atoms with Crippen LogP contribution < -0.4 is 14.4 Å². The van der Waals surface area contributed by atoms with E-state index < -0.39 is 0 Å². The fourth-order valence-electron chi connectivity index (χ4n) is 4.29. The van der Waals surface area contributed by atoms with Crippen LogP contribution in [0.4, 0.5) is 11.4 Å². The van der Waals surface area contributed by atoms with E-state index in [-0.39, 0.29) is 12.7 Å². The molecule has 6 bridgehead atoms. The molecule has 6 rings (SSSR count). The van der Waals surface area contributed by atoms with Crippen LogP contribution in [-0.4, -0.2) is 60.1 Å². The number of aliphatic hydroxyl groups is 1. The molecule has 0 spiro atoms. The second-order valence-corrected chi connectivity index (χ2v) is 9.36. The molecular weight excluding hydrogens is 452 g/mol. The third kappa shape index (κ3) is 5.48. The van der Waals surface area contributed by atoms with Crippen molar-refractivity contribution >= 4 is 23.3 Å². The molecule has 1 saturated heterocycles. The number of fused-ring (bicyclic) bond motifs is 7. The lowest BCUT2D eigenvalue weighted by Crippen LogP contribution is -2.37. The van der Waals surface area contributed by atoms with Gasteiger partial charge in [0.15, 0.2) is 0 Å². The summed E-state index contributed by atoms with van der Waals surface area (Å²) in [5, 5.41) is 17.8. The molecule has 4 heterocycles. The Hall–Kier alpha value is -2.75. The Morgan fingerprint density at radius 2 is 1.88 bits per heavy atom. The first-order chi connectivity index (χ1) is 16.8. The number of hydrogen-bond acceptors (Lipinski definition) is 9. The van der Waals surface area contributed by atoms with Gasteiger partial charge >= 0.3 is 0 Å². The summed E-state index contributed by atoms with van der Waals surface area (Å²) in [6.07, 6.45) is 4.17. The largest absolute Gasteiger partial charge is 0.494 e. The van der Waals surface area contributed by atoms with Crippen LogP contribution in [0.15, 0.2) is 46.9 Å². The molecule has 0 aliphatic carbocycles. The molecule has 2 aromatic carbocycles. The minimum absolute atomic E-state index is 0.132. The van der Waals surface area contributed by atoms with Gasteiger partial charge in [-0.05, 0) is 62.1 Å². The van der Waals surface area contributed by atoms with Gasteiger partial charge in [-0.25, -0.2) is 0 Å². The van der Waals surface area contributed by atoms with Crippen molar-refractivity contribution in [3.63, 3.8) is 0 Å². The van der Waals surface area contributed by atoms with Crippen molar-refractivity contribution in [1.82, 2.24) is 10.2 Å². The third-order valence-electron chi connectivity index (χ3n) is 6.06. The van der Waals surface area contributed by atoms with Crippen molar-refractivity contribution in [3.05, 3.63) is 42.5 Å². The van der Waals surface area contributed by atoms with E-state index in [1.54, 1.807) is 0 Å². The topological polar surface area (TPSA) is 92.9 Å². The van der Waals surface area contributed by atoms with E-state index in [9.17, 15) is 0 Å². The van der Waals surface area contributed by atoms with Crippen molar-refractivity contribution in [2.45, 2.75) is 31.8 Å². The van der Waals surface area contributed by atoms with Crippen LogP contribution in [0.2, 0.25) is 0 Å². The fraction of sp³-hybridized carbons (Fsp3) is 0.440. The van der Waals surface area contributed by atoms with E-state index in [4.69, 9.17) is 19.0 Å². The predicted molar refractivity (Wildman–Crippen MR) is 134 cm³/mol. The van der Waals surface area contributed by atoms with Crippen molar-refractivity contribution in [3.8, 4) is 28.7 Å². The smallest absolute Gasteiger partial charge is 0.250 e. The van der Waals surface area contributed by atoms with Gasteiger partial charge in [0.05, 0.1) is 30.6 Å². The second-order valence-electron chi connectivity index (χ2n) is 8.46. The quantitative estimate of drug-likeness (QED) is 0.408. The zero-order chi connectivity index (χ0) is 23.2. The van der Waals surface area contributed by atoms with E-state index in [0.29, 0.717) is 24.1 Å². The van der Waals surface area contributed by atoms with Crippen LogP contribution in [-0.2, 0) is 4.74 Å². The normalized spacial score (nSPS) is 16.9. The predicted octanol–water partition coefficient (Wildman–Crippen LogP) is 4.61. The van der Waals surface area contributed by atoms with Crippen LogP contribution in [0.1, 0.15) is 25.7 Å². The zero-order valence-corrected chi connectivity index (χ0v) is 19.9. The average Bonchev–Trinajstić information content (AvgIpc) is 3.37. The number of aromatic nitrogens is 2. The Balaban J connectivity index is 1.49. The third-order valence-corrected chi connectivity index (χ3v) is 6.83. The molecule has 180 valence electrons. The van der Waals surface area contributed by atoms with Gasteiger partial charge in [-0.2, -0.15) is 0 Å². The second kappa shape index (κ2) is 11.1. The van der Waals surface area contributed by atoms with Crippen molar-refractivity contribution in [1.29, 1.82) is 0 Å². The summed E-state index contributed by atoms with van der Waals surface area (Å²) in [5.41, 5.74) is 3.77. The molecule has 9 heteroatoms. The minimum atomic E-state index is 0.132. The van der Waals surface area contributed by atoms with Crippen LogP contribution in [0.25, 0.3) is 22.9 Å². The molecule has 34 heavy (non-hydrogen) atoms. The van der Waals surface area contributed by atoms with E-state index in [1.807, 2.05) is 36.4 Å². The standard InChI is InChI=1S/C25H30N4O4S/c30-12-15-34-28-19-6-7-22-23(17-19)29-10-8-20(9-11-29)31-13-1-2-14-32-21-5-3-4-18(16-21)24-26-27-25(22)33-24/h3-7,16-17,20,28,30H,1-2,8-15H2. The highest BCUT2D eigenvalue weighted by atomic mass is 32.2. The first kappa shape index (κ1) is 23.0. The Bertz CT molecular complexity index is 1080. The number of hydrogen-bond donors (Lipinski definition) is 2. The number of piperidine rings is 1. The Kier molecular flexibility index (Phi) is 7.52. The monoisotopic (exact) mass is 482 g/mol. The molecule has 0 radical (unpaired) electrons. The van der Waals surface area contributed by atoms with Crippen LogP contribution in [0.5, 0.6) is 5.75 Å². The highest BCUT2D eigenvalue weighted by Gasteiger charge is 2.24. The van der Waals surface area contributed by atoms with Gasteiger partial charge in [0.1, 0.15) is 5.75 Å². The molecule has 1 fully saturated rings. The number of benzene rings is 2. The summed E-state index contributed by atoms with van der Waals surface area (Å²) in [6.45, 7) is 3.35.